The van der Waals surface area contributed by atoms with Crippen LogP contribution in [0.3, 0.4) is 0 Å². The smallest absolute Gasteiger partial charge is 0.148 e. The Hall–Kier alpha value is -1.01. The van der Waals surface area contributed by atoms with Gasteiger partial charge in [-0.1, -0.05) is 20.8 Å². The molecule has 112 valence electrons. The van der Waals surface area contributed by atoms with Crippen LogP contribution in [0.5, 0.6) is 0 Å². The summed E-state index contributed by atoms with van der Waals surface area (Å²) in [5.74, 6) is 10.5. The van der Waals surface area contributed by atoms with Gasteiger partial charge in [0.15, 0.2) is 0 Å². The molecule has 0 aromatic carbocycles. The van der Waals surface area contributed by atoms with Gasteiger partial charge in [-0.25, -0.2) is 15.8 Å². The zero-order chi connectivity index (χ0) is 14.9. The van der Waals surface area contributed by atoms with E-state index in [0.717, 1.165) is 41.1 Å². The summed E-state index contributed by atoms with van der Waals surface area (Å²) in [4.78, 5) is 11.8. The van der Waals surface area contributed by atoms with E-state index >= 15 is 0 Å². The minimum atomic E-state index is -0.0954. The second-order valence-corrected chi connectivity index (χ2v) is 7.51. The van der Waals surface area contributed by atoms with Crippen LogP contribution in [0.15, 0.2) is 0 Å². The molecule has 5 nitrogen and oxygen atoms in total. The molecule has 1 aromatic rings. The lowest BCUT2D eigenvalue weighted by Crippen LogP contribution is -2.42. The Morgan fingerprint density at radius 3 is 2.60 bits per heavy atom. The molecule has 1 fully saturated rings. The number of hydrogen-bond donors (Lipinski definition) is 2. The molecule has 1 atom stereocenters. The van der Waals surface area contributed by atoms with Gasteiger partial charge in [-0.05, 0) is 13.8 Å². The maximum Gasteiger partial charge on any atom is 0.148 e. The van der Waals surface area contributed by atoms with Crippen molar-refractivity contribution in [3.63, 3.8) is 0 Å². The number of nitrogens with two attached hydrogens (primary N) is 1. The number of nitrogens with one attached hydrogen (secondary N) is 1. The zero-order valence-electron chi connectivity index (χ0n) is 13.0. The maximum atomic E-state index is 5.63. The van der Waals surface area contributed by atoms with Crippen molar-refractivity contribution in [2.24, 2.45) is 5.84 Å². The number of aromatic nitrogens is 2. The first-order valence-electron chi connectivity index (χ1n) is 7.04. The van der Waals surface area contributed by atoms with Gasteiger partial charge >= 0.3 is 0 Å². The Kier molecular flexibility index (Phi) is 4.44. The molecule has 1 saturated heterocycles. The predicted octanol–water partition coefficient (Wildman–Crippen LogP) is 2.31. The number of nitrogen functional groups attached to an aromatic ring is 1. The molecule has 0 bridgehead atoms. The van der Waals surface area contributed by atoms with Gasteiger partial charge in [-0.3, -0.25) is 0 Å². The number of anilines is 2. The van der Waals surface area contributed by atoms with Crippen LogP contribution in [-0.2, 0) is 5.41 Å². The quantitative estimate of drug-likeness (QED) is 0.645. The third-order valence-electron chi connectivity index (χ3n) is 3.57. The Balaban J connectivity index is 2.50. The van der Waals surface area contributed by atoms with E-state index in [2.05, 4.69) is 43.0 Å². The monoisotopic (exact) mass is 295 g/mol. The third kappa shape index (κ3) is 3.01. The van der Waals surface area contributed by atoms with Gasteiger partial charge in [0.2, 0.25) is 0 Å². The largest absolute Gasteiger partial charge is 0.352 e. The number of rotatable bonds is 2. The van der Waals surface area contributed by atoms with E-state index in [-0.39, 0.29) is 5.41 Å². The minimum absolute atomic E-state index is 0.0954. The van der Waals surface area contributed by atoms with Gasteiger partial charge in [0.25, 0.3) is 0 Å². The summed E-state index contributed by atoms with van der Waals surface area (Å²) >= 11 is 2.00. The molecule has 1 unspecified atom stereocenters. The van der Waals surface area contributed by atoms with Gasteiger partial charge in [0.1, 0.15) is 17.5 Å². The molecule has 0 aliphatic carbocycles. The highest BCUT2D eigenvalue weighted by atomic mass is 32.2. The van der Waals surface area contributed by atoms with Crippen LogP contribution in [0.2, 0.25) is 0 Å². The first-order chi connectivity index (χ1) is 9.34. The van der Waals surface area contributed by atoms with Gasteiger partial charge in [-0.15, -0.1) is 0 Å². The highest BCUT2D eigenvalue weighted by molar-refractivity contribution is 7.99. The Morgan fingerprint density at radius 2 is 2.05 bits per heavy atom. The SMILES string of the molecule is Cc1c(NN)nc(C(C)(C)C)nc1N1CCSCC1C. The summed E-state index contributed by atoms with van der Waals surface area (Å²) in [6.07, 6.45) is 0. The van der Waals surface area contributed by atoms with E-state index in [4.69, 9.17) is 10.8 Å². The van der Waals surface area contributed by atoms with Crippen molar-refractivity contribution in [1.82, 2.24) is 9.97 Å². The summed E-state index contributed by atoms with van der Waals surface area (Å²) in [7, 11) is 0. The standard InChI is InChI=1S/C14H25N5S/c1-9-8-20-7-6-19(9)12-10(2)11(18-15)16-13(17-12)14(3,4)5/h9H,6-8,15H2,1-5H3,(H,16,17,18). The summed E-state index contributed by atoms with van der Waals surface area (Å²) in [6.45, 7) is 11.7. The summed E-state index contributed by atoms with van der Waals surface area (Å²) in [5, 5.41) is 0. The average molecular weight is 295 g/mol. The van der Waals surface area contributed by atoms with Gasteiger partial charge in [-0.2, -0.15) is 11.8 Å². The van der Waals surface area contributed by atoms with Gasteiger partial charge < -0.3 is 10.3 Å². The molecule has 20 heavy (non-hydrogen) atoms. The summed E-state index contributed by atoms with van der Waals surface area (Å²) < 4.78 is 0. The predicted molar refractivity (Wildman–Crippen MR) is 87.4 cm³/mol. The Labute approximate surface area is 125 Å². The lowest BCUT2D eigenvalue weighted by Gasteiger charge is -2.36. The summed E-state index contributed by atoms with van der Waals surface area (Å²) in [6, 6.07) is 0.487. The molecule has 2 rings (SSSR count). The normalized spacial score (nSPS) is 20.1. The van der Waals surface area contributed by atoms with Crippen molar-refractivity contribution < 1.29 is 0 Å². The average Bonchev–Trinajstić information content (AvgIpc) is 2.38. The van der Waals surface area contributed by atoms with Crippen LogP contribution in [0.1, 0.15) is 39.1 Å². The highest BCUT2D eigenvalue weighted by Gasteiger charge is 2.26. The molecule has 1 aliphatic heterocycles. The Morgan fingerprint density at radius 1 is 1.35 bits per heavy atom. The van der Waals surface area contributed by atoms with E-state index in [1.807, 2.05) is 18.7 Å². The number of hydrazine groups is 1. The van der Waals surface area contributed by atoms with Gasteiger partial charge in [0, 0.05) is 35.1 Å². The van der Waals surface area contributed by atoms with Crippen molar-refractivity contribution in [1.29, 1.82) is 0 Å². The van der Waals surface area contributed by atoms with Crippen LogP contribution >= 0.6 is 11.8 Å². The molecule has 0 amide bonds. The van der Waals surface area contributed by atoms with E-state index in [1.165, 1.54) is 0 Å². The molecule has 0 spiro atoms. The zero-order valence-corrected chi connectivity index (χ0v) is 13.8. The van der Waals surface area contributed by atoms with Crippen LogP contribution in [0.25, 0.3) is 0 Å². The molecule has 6 heteroatoms. The molecule has 1 aromatic heterocycles. The lowest BCUT2D eigenvalue weighted by atomic mass is 9.95. The van der Waals surface area contributed by atoms with E-state index in [0.29, 0.717) is 6.04 Å². The van der Waals surface area contributed by atoms with E-state index in [9.17, 15) is 0 Å². The second-order valence-electron chi connectivity index (χ2n) is 6.36. The van der Waals surface area contributed by atoms with Crippen LogP contribution in [0, 0.1) is 6.92 Å². The molecule has 3 N–H and O–H groups in total. The lowest BCUT2D eigenvalue weighted by molar-refractivity contribution is 0.542. The summed E-state index contributed by atoms with van der Waals surface area (Å²) in [5.41, 5.74) is 3.65. The fraction of sp³-hybridized carbons (Fsp3) is 0.714. The topological polar surface area (TPSA) is 67.1 Å². The van der Waals surface area contributed by atoms with Crippen molar-refractivity contribution >= 4 is 23.4 Å². The molecule has 2 heterocycles. The maximum absolute atomic E-state index is 5.63. The first kappa shape index (κ1) is 15.4. The molecular weight excluding hydrogens is 270 g/mol. The first-order valence-corrected chi connectivity index (χ1v) is 8.20. The Bertz CT molecular complexity index is 483. The van der Waals surface area contributed by atoms with E-state index < -0.39 is 0 Å². The second kappa shape index (κ2) is 5.77. The van der Waals surface area contributed by atoms with Crippen LogP contribution < -0.4 is 16.2 Å². The van der Waals surface area contributed by atoms with Gasteiger partial charge in [0.05, 0.1) is 0 Å². The van der Waals surface area contributed by atoms with Crippen molar-refractivity contribution in [2.45, 2.75) is 46.1 Å². The molecular formula is C14H25N5S. The van der Waals surface area contributed by atoms with Crippen molar-refractivity contribution in [2.75, 3.05) is 28.4 Å². The number of nitrogens with zero attached hydrogens (tertiary/aromatic N) is 3. The number of hydrogen-bond acceptors (Lipinski definition) is 6. The van der Waals surface area contributed by atoms with E-state index in [1.54, 1.807) is 0 Å². The van der Waals surface area contributed by atoms with Crippen LogP contribution in [0.4, 0.5) is 11.6 Å². The van der Waals surface area contributed by atoms with Crippen LogP contribution in [-0.4, -0.2) is 34.1 Å². The fourth-order valence-corrected chi connectivity index (χ4v) is 3.32. The minimum Gasteiger partial charge on any atom is -0.352 e. The van der Waals surface area contributed by atoms with Crippen molar-refractivity contribution in [3.8, 4) is 0 Å². The molecule has 1 aliphatic rings. The van der Waals surface area contributed by atoms with Crippen molar-refractivity contribution in [3.05, 3.63) is 11.4 Å². The number of thioether (sulfide) groups is 1. The molecule has 0 saturated carbocycles. The highest BCUT2D eigenvalue weighted by Crippen LogP contribution is 2.31. The fourth-order valence-electron chi connectivity index (χ4n) is 2.30. The molecule has 0 radical (unpaired) electrons. The third-order valence-corrected chi connectivity index (χ3v) is 4.76.